The molecule has 0 unspecified atom stereocenters. The van der Waals surface area contributed by atoms with Crippen LogP contribution in [0.1, 0.15) is 29.8 Å². The minimum Gasteiger partial charge on any atom is -0.327 e. The molecule has 3 aromatic carbocycles. The first-order valence-electron chi connectivity index (χ1n) is 11.4. The lowest BCUT2D eigenvalue weighted by Gasteiger charge is -2.26. The van der Waals surface area contributed by atoms with E-state index in [0.29, 0.717) is 11.6 Å². The number of nitrogens with zero attached hydrogens (tertiary/aromatic N) is 3. The molecule has 1 N–H and O–H groups in total. The van der Waals surface area contributed by atoms with Crippen molar-refractivity contribution in [3.8, 4) is 16.9 Å². The van der Waals surface area contributed by atoms with Gasteiger partial charge in [0, 0.05) is 23.5 Å². The fraction of sp³-hybridized carbons (Fsp3) is 0.179. The van der Waals surface area contributed by atoms with Gasteiger partial charge in [-0.15, -0.1) is 0 Å². The van der Waals surface area contributed by atoms with E-state index >= 15 is 0 Å². The van der Waals surface area contributed by atoms with Gasteiger partial charge < -0.3 is 4.90 Å². The maximum absolute atomic E-state index is 14.2. The van der Waals surface area contributed by atoms with Gasteiger partial charge in [-0.25, -0.2) is 9.37 Å². The van der Waals surface area contributed by atoms with Crippen molar-refractivity contribution in [3.63, 3.8) is 0 Å². The summed E-state index contributed by atoms with van der Waals surface area (Å²) in [7, 11) is 0. The number of carbonyl (C=O) groups excluding carboxylic acids is 2. The number of hydrogen-bond donors (Lipinski definition) is 1. The van der Waals surface area contributed by atoms with E-state index in [1.807, 2.05) is 72.3 Å². The number of benzene rings is 3. The quantitative estimate of drug-likeness (QED) is 0.389. The first kappa shape index (κ1) is 23.9. The number of halogens is 1. The Morgan fingerprint density at radius 2 is 1.71 bits per heavy atom. The number of aryl methyl sites for hydroxylation is 1. The number of aromatic nitrogens is 2. The Morgan fingerprint density at radius 3 is 2.40 bits per heavy atom. The smallest absolute Gasteiger partial charge is 0.257 e. The second-order valence-corrected chi connectivity index (χ2v) is 8.58. The summed E-state index contributed by atoms with van der Waals surface area (Å²) in [6, 6.07) is 23.0. The molecular weight excluding hydrogens is 443 g/mol. The molecule has 7 heteroatoms. The third-order valence-corrected chi connectivity index (χ3v) is 5.61. The minimum atomic E-state index is -0.619. The number of nitrogens with one attached hydrogen (secondary N) is 1. The molecule has 0 saturated heterocycles. The average molecular weight is 471 g/mol. The van der Waals surface area contributed by atoms with Crippen molar-refractivity contribution in [2.24, 2.45) is 0 Å². The molecule has 2 amide bonds. The predicted octanol–water partition coefficient (Wildman–Crippen LogP) is 5.48. The Balaban J connectivity index is 1.63. The van der Waals surface area contributed by atoms with E-state index in [-0.39, 0.29) is 18.2 Å². The summed E-state index contributed by atoms with van der Waals surface area (Å²) in [5, 5.41) is 2.85. The Kier molecular flexibility index (Phi) is 7.06. The number of rotatable bonds is 7. The zero-order chi connectivity index (χ0) is 24.9. The van der Waals surface area contributed by atoms with Crippen LogP contribution in [0.25, 0.3) is 16.9 Å². The monoisotopic (exact) mass is 470 g/mol. The molecule has 0 aliphatic heterocycles. The zero-order valence-electron chi connectivity index (χ0n) is 19.9. The topological polar surface area (TPSA) is 67.2 Å². The first-order valence-corrected chi connectivity index (χ1v) is 11.4. The van der Waals surface area contributed by atoms with Crippen molar-refractivity contribution in [1.82, 2.24) is 14.5 Å². The molecule has 35 heavy (non-hydrogen) atoms. The van der Waals surface area contributed by atoms with Crippen molar-refractivity contribution >= 4 is 17.8 Å². The SMILES string of the molecule is Cc1cccc(-n2cc(-c3ccccc3)nc2NC(=O)CN(C(=O)c2ccccc2F)C(C)C)c1. The van der Waals surface area contributed by atoms with Crippen LogP contribution < -0.4 is 5.32 Å². The van der Waals surface area contributed by atoms with Gasteiger partial charge in [0.1, 0.15) is 12.4 Å². The standard InChI is InChI=1S/C28H27FN4O2/c1-19(2)32(27(35)23-14-7-8-15-24(23)29)18-26(34)31-28-30-25(21-11-5-4-6-12-21)17-33(28)22-13-9-10-20(3)16-22/h4-17,19H,18H2,1-3H3,(H,30,31,34). The van der Waals surface area contributed by atoms with Crippen LogP contribution in [0.15, 0.2) is 85.1 Å². The van der Waals surface area contributed by atoms with E-state index in [0.717, 1.165) is 16.8 Å². The molecule has 0 atom stereocenters. The molecule has 178 valence electrons. The first-order chi connectivity index (χ1) is 16.8. The maximum Gasteiger partial charge on any atom is 0.257 e. The normalized spacial score (nSPS) is 10.9. The average Bonchev–Trinajstić information content (AvgIpc) is 3.26. The van der Waals surface area contributed by atoms with Crippen LogP contribution in [-0.4, -0.2) is 38.9 Å². The van der Waals surface area contributed by atoms with Gasteiger partial charge >= 0.3 is 0 Å². The molecule has 4 aromatic rings. The highest BCUT2D eigenvalue weighted by Crippen LogP contribution is 2.25. The zero-order valence-corrected chi connectivity index (χ0v) is 19.9. The van der Waals surface area contributed by atoms with E-state index in [9.17, 15) is 14.0 Å². The lowest BCUT2D eigenvalue weighted by molar-refractivity contribution is -0.117. The predicted molar refractivity (Wildman–Crippen MR) is 135 cm³/mol. The van der Waals surface area contributed by atoms with Gasteiger partial charge in [-0.3, -0.25) is 19.5 Å². The molecule has 4 rings (SSSR count). The van der Waals surface area contributed by atoms with Gasteiger partial charge in [-0.05, 0) is 50.6 Å². The number of imidazole rings is 1. The summed E-state index contributed by atoms with van der Waals surface area (Å²) >= 11 is 0. The molecule has 0 saturated carbocycles. The largest absolute Gasteiger partial charge is 0.327 e. The van der Waals surface area contributed by atoms with E-state index < -0.39 is 17.6 Å². The van der Waals surface area contributed by atoms with Gasteiger partial charge in [-0.1, -0.05) is 54.6 Å². The Morgan fingerprint density at radius 1 is 1.00 bits per heavy atom. The summed E-state index contributed by atoms with van der Waals surface area (Å²) in [6.07, 6.45) is 1.87. The lowest BCUT2D eigenvalue weighted by atomic mass is 10.1. The third kappa shape index (κ3) is 5.46. The summed E-state index contributed by atoms with van der Waals surface area (Å²) in [6.45, 7) is 5.32. The minimum absolute atomic E-state index is 0.0679. The summed E-state index contributed by atoms with van der Waals surface area (Å²) in [4.78, 5) is 32.1. The van der Waals surface area contributed by atoms with Crippen LogP contribution in [0.2, 0.25) is 0 Å². The second-order valence-electron chi connectivity index (χ2n) is 8.58. The number of carbonyl (C=O) groups is 2. The van der Waals surface area contributed by atoms with Crippen LogP contribution >= 0.6 is 0 Å². The van der Waals surface area contributed by atoms with E-state index in [4.69, 9.17) is 0 Å². The molecule has 0 bridgehead atoms. The van der Waals surface area contributed by atoms with Gasteiger partial charge in [0.15, 0.2) is 0 Å². The van der Waals surface area contributed by atoms with Crippen LogP contribution in [0.3, 0.4) is 0 Å². The van der Waals surface area contributed by atoms with Crippen molar-refractivity contribution < 1.29 is 14.0 Å². The van der Waals surface area contributed by atoms with Crippen molar-refractivity contribution in [3.05, 3.63) is 102 Å². The summed E-state index contributed by atoms with van der Waals surface area (Å²) in [5.74, 6) is -1.25. The van der Waals surface area contributed by atoms with Gasteiger partial charge in [0.05, 0.1) is 11.3 Å². The van der Waals surface area contributed by atoms with Crippen LogP contribution in [-0.2, 0) is 4.79 Å². The van der Waals surface area contributed by atoms with Crippen LogP contribution in [0.4, 0.5) is 10.3 Å². The van der Waals surface area contributed by atoms with Crippen molar-refractivity contribution in [2.75, 3.05) is 11.9 Å². The van der Waals surface area contributed by atoms with E-state index in [2.05, 4.69) is 10.3 Å². The van der Waals surface area contributed by atoms with Crippen LogP contribution in [0, 0.1) is 12.7 Å². The summed E-state index contributed by atoms with van der Waals surface area (Å²) in [5.41, 5.74) is 3.45. The van der Waals surface area contributed by atoms with Crippen molar-refractivity contribution in [1.29, 1.82) is 0 Å². The molecular formula is C28H27FN4O2. The highest BCUT2D eigenvalue weighted by atomic mass is 19.1. The molecule has 1 aromatic heterocycles. The Bertz CT molecular complexity index is 1350. The molecule has 6 nitrogen and oxygen atoms in total. The molecule has 0 spiro atoms. The Labute approximate surface area is 204 Å². The van der Waals surface area contributed by atoms with E-state index in [1.165, 1.54) is 23.1 Å². The highest BCUT2D eigenvalue weighted by Gasteiger charge is 2.24. The van der Waals surface area contributed by atoms with E-state index in [1.54, 1.807) is 19.9 Å². The molecule has 0 aliphatic carbocycles. The molecule has 1 heterocycles. The second kappa shape index (κ2) is 10.3. The van der Waals surface area contributed by atoms with Gasteiger partial charge in [-0.2, -0.15) is 0 Å². The van der Waals surface area contributed by atoms with Gasteiger partial charge in [0.2, 0.25) is 11.9 Å². The summed E-state index contributed by atoms with van der Waals surface area (Å²) < 4.78 is 16.0. The fourth-order valence-electron chi connectivity index (χ4n) is 3.79. The maximum atomic E-state index is 14.2. The number of anilines is 1. The molecule has 0 aliphatic rings. The third-order valence-electron chi connectivity index (χ3n) is 5.61. The van der Waals surface area contributed by atoms with Crippen molar-refractivity contribution in [2.45, 2.75) is 26.8 Å². The highest BCUT2D eigenvalue weighted by molar-refractivity contribution is 5.99. The lowest BCUT2D eigenvalue weighted by Crippen LogP contribution is -2.42. The molecule has 0 radical (unpaired) electrons. The van der Waals surface area contributed by atoms with Crippen LogP contribution in [0.5, 0.6) is 0 Å². The van der Waals surface area contributed by atoms with Gasteiger partial charge in [0.25, 0.3) is 5.91 Å². The number of hydrogen-bond acceptors (Lipinski definition) is 3. The number of amides is 2. The fourth-order valence-corrected chi connectivity index (χ4v) is 3.79. The Hall–Kier alpha value is -4.26. The molecule has 0 fully saturated rings.